The summed E-state index contributed by atoms with van der Waals surface area (Å²) in [6.07, 6.45) is 1.42. The van der Waals surface area contributed by atoms with Gasteiger partial charge in [-0.05, 0) is 38.0 Å². The number of ether oxygens (including phenoxy) is 1. The van der Waals surface area contributed by atoms with Crippen molar-refractivity contribution < 1.29 is 22.5 Å². The molecule has 7 nitrogen and oxygen atoms in total. The molecule has 0 spiro atoms. The highest BCUT2D eigenvalue weighted by Gasteiger charge is 2.38. The van der Waals surface area contributed by atoms with Crippen molar-refractivity contribution in [3.63, 3.8) is 0 Å². The van der Waals surface area contributed by atoms with Crippen LogP contribution in [0.25, 0.3) is 0 Å². The number of carbonyl (C=O) groups is 1. The van der Waals surface area contributed by atoms with E-state index in [2.05, 4.69) is 9.89 Å². The third-order valence-electron chi connectivity index (χ3n) is 4.05. The minimum absolute atomic E-state index is 0.0671. The summed E-state index contributed by atoms with van der Waals surface area (Å²) in [7, 11) is -2.49. The number of nitrogens with zero attached hydrogens (tertiary/aromatic N) is 2. The first-order valence-corrected chi connectivity index (χ1v) is 9.01. The first kappa shape index (κ1) is 16.7. The molecular weight excluding hydrogens is 332 g/mol. The number of hydrogen-bond donors (Lipinski definition) is 0. The topological polar surface area (TPSA) is 89.7 Å². The van der Waals surface area contributed by atoms with E-state index >= 15 is 0 Å². The third-order valence-corrected chi connectivity index (χ3v) is 5.96. The van der Waals surface area contributed by atoms with Crippen molar-refractivity contribution in [1.29, 1.82) is 0 Å². The fraction of sp³-hybridized carbons (Fsp3) is 0.375. The quantitative estimate of drug-likeness (QED) is 0.786. The maximum Gasteiger partial charge on any atom is 0.337 e. The van der Waals surface area contributed by atoms with Crippen LogP contribution in [0.4, 0.5) is 0 Å². The fourth-order valence-electron chi connectivity index (χ4n) is 2.90. The Hall–Kier alpha value is -2.19. The van der Waals surface area contributed by atoms with E-state index in [-0.39, 0.29) is 16.5 Å². The van der Waals surface area contributed by atoms with Gasteiger partial charge in [0.1, 0.15) is 11.5 Å². The number of carbonyl (C=O) groups excluding carboxylic acids is 1. The lowest BCUT2D eigenvalue weighted by Crippen LogP contribution is -2.31. The lowest BCUT2D eigenvalue weighted by Gasteiger charge is -2.22. The van der Waals surface area contributed by atoms with Gasteiger partial charge in [0.05, 0.1) is 23.6 Å². The standard InChI is InChI=1S/C16H18N2O5S/c1-11-9-14(17-23-11)15-7-4-8-18(15)24(20,21)13-6-3-5-12(10-13)16(19)22-2/h3,5-6,9-10,15H,4,7-8H2,1-2H3/t15-/m1/s1. The summed E-state index contributed by atoms with van der Waals surface area (Å²) in [6.45, 7) is 2.17. The van der Waals surface area contributed by atoms with E-state index < -0.39 is 16.0 Å². The van der Waals surface area contributed by atoms with Crippen molar-refractivity contribution in [2.75, 3.05) is 13.7 Å². The highest BCUT2D eigenvalue weighted by Crippen LogP contribution is 2.36. The largest absolute Gasteiger partial charge is 0.465 e. The van der Waals surface area contributed by atoms with Crippen molar-refractivity contribution in [2.24, 2.45) is 0 Å². The second-order valence-corrected chi connectivity index (χ2v) is 7.55. The SMILES string of the molecule is COC(=O)c1cccc(S(=O)(=O)N2CCC[C@@H]2c2cc(C)on2)c1. The molecule has 1 fully saturated rings. The second-order valence-electron chi connectivity index (χ2n) is 5.66. The van der Waals surface area contributed by atoms with Crippen LogP contribution in [0.3, 0.4) is 0 Å². The smallest absolute Gasteiger partial charge is 0.337 e. The number of benzene rings is 1. The van der Waals surface area contributed by atoms with Gasteiger partial charge in [0.15, 0.2) is 0 Å². The average molecular weight is 350 g/mol. The highest BCUT2D eigenvalue weighted by molar-refractivity contribution is 7.89. The number of methoxy groups -OCH3 is 1. The molecule has 0 saturated carbocycles. The van der Waals surface area contributed by atoms with Crippen LogP contribution in [0.2, 0.25) is 0 Å². The Morgan fingerprint density at radius 2 is 2.17 bits per heavy atom. The summed E-state index contributed by atoms with van der Waals surface area (Å²) < 4.78 is 37.2. The molecule has 0 amide bonds. The zero-order valence-electron chi connectivity index (χ0n) is 13.4. The van der Waals surface area contributed by atoms with Gasteiger partial charge < -0.3 is 9.26 Å². The average Bonchev–Trinajstić information content (AvgIpc) is 3.23. The van der Waals surface area contributed by atoms with Crippen molar-refractivity contribution in [2.45, 2.75) is 30.7 Å². The minimum atomic E-state index is -3.75. The first-order valence-electron chi connectivity index (χ1n) is 7.57. The van der Waals surface area contributed by atoms with Crippen LogP contribution in [-0.4, -0.2) is 37.5 Å². The monoisotopic (exact) mass is 350 g/mol. The molecule has 0 radical (unpaired) electrons. The van der Waals surface area contributed by atoms with E-state index in [0.29, 0.717) is 24.4 Å². The van der Waals surface area contributed by atoms with Crippen LogP contribution < -0.4 is 0 Å². The van der Waals surface area contributed by atoms with Crippen LogP contribution in [0.1, 0.15) is 40.7 Å². The van der Waals surface area contributed by atoms with E-state index in [1.54, 1.807) is 13.0 Å². The molecule has 0 unspecified atom stereocenters. The van der Waals surface area contributed by atoms with Gasteiger partial charge in [-0.1, -0.05) is 11.2 Å². The second kappa shape index (κ2) is 6.37. The fourth-order valence-corrected chi connectivity index (χ4v) is 4.62. The number of hydrogen-bond acceptors (Lipinski definition) is 6. The van der Waals surface area contributed by atoms with Gasteiger partial charge in [-0.15, -0.1) is 0 Å². The molecule has 0 bridgehead atoms. The summed E-state index contributed by atoms with van der Waals surface area (Å²) in [4.78, 5) is 11.7. The van der Waals surface area contributed by atoms with Gasteiger partial charge in [-0.2, -0.15) is 4.31 Å². The Balaban J connectivity index is 1.96. The van der Waals surface area contributed by atoms with Gasteiger partial charge in [-0.25, -0.2) is 13.2 Å². The van der Waals surface area contributed by atoms with Gasteiger partial charge in [-0.3, -0.25) is 0 Å². The Bertz CT molecular complexity index is 859. The van der Waals surface area contributed by atoms with Crippen molar-refractivity contribution >= 4 is 16.0 Å². The maximum absolute atomic E-state index is 13.0. The molecule has 1 aliphatic heterocycles. The summed E-state index contributed by atoms with van der Waals surface area (Å²) in [5, 5.41) is 3.96. The van der Waals surface area contributed by atoms with Crippen LogP contribution in [0.15, 0.2) is 39.8 Å². The van der Waals surface area contributed by atoms with Crippen LogP contribution >= 0.6 is 0 Å². The summed E-state index contributed by atoms with van der Waals surface area (Å²) >= 11 is 0. The van der Waals surface area contributed by atoms with Gasteiger partial charge in [0.25, 0.3) is 0 Å². The molecule has 8 heteroatoms. The summed E-state index contributed by atoms with van der Waals surface area (Å²) in [5.41, 5.74) is 0.810. The Morgan fingerprint density at radius 1 is 1.38 bits per heavy atom. The van der Waals surface area contributed by atoms with Gasteiger partial charge in [0.2, 0.25) is 10.0 Å². The normalized spacial score (nSPS) is 18.7. The van der Waals surface area contributed by atoms with Crippen LogP contribution in [0.5, 0.6) is 0 Å². The molecule has 3 rings (SSSR count). The molecule has 1 aromatic carbocycles. The lowest BCUT2D eigenvalue weighted by molar-refractivity contribution is 0.0600. The lowest BCUT2D eigenvalue weighted by atomic mass is 10.1. The molecule has 1 aliphatic rings. The van der Waals surface area contributed by atoms with Crippen molar-refractivity contribution in [1.82, 2.24) is 9.46 Å². The van der Waals surface area contributed by atoms with E-state index in [0.717, 1.165) is 6.42 Å². The molecule has 24 heavy (non-hydrogen) atoms. The van der Waals surface area contributed by atoms with E-state index in [4.69, 9.17) is 4.52 Å². The minimum Gasteiger partial charge on any atom is -0.465 e. The first-order chi connectivity index (χ1) is 11.4. The molecule has 1 aromatic heterocycles. The van der Waals surface area contributed by atoms with E-state index in [1.165, 1.54) is 35.7 Å². The maximum atomic E-state index is 13.0. The zero-order chi connectivity index (χ0) is 17.3. The number of esters is 1. The van der Waals surface area contributed by atoms with Gasteiger partial charge in [0, 0.05) is 12.6 Å². The summed E-state index contributed by atoms with van der Waals surface area (Å²) in [5.74, 6) is 0.0686. The molecule has 0 aliphatic carbocycles. The highest BCUT2D eigenvalue weighted by atomic mass is 32.2. The Kier molecular flexibility index (Phi) is 4.42. The van der Waals surface area contributed by atoms with Crippen LogP contribution in [0, 0.1) is 6.92 Å². The van der Waals surface area contributed by atoms with Crippen molar-refractivity contribution in [3.8, 4) is 0 Å². The number of aromatic nitrogens is 1. The third kappa shape index (κ3) is 2.94. The van der Waals surface area contributed by atoms with E-state index in [1.807, 2.05) is 0 Å². The van der Waals surface area contributed by atoms with Crippen molar-refractivity contribution in [3.05, 3.63) is 47.3 Å². The summed E-state index contributed by atoms with van der Waals surface area (Å²) in [6, 6.07) is 7.27. The van der Waals surface area contributed by atoms with Crippen LogP contribution in [-0.2, 0) is 14.8 Å². The molecule has 1 saturated heterocycles. The molecule has 2 aromatic rings. The Labute approximate surface area is 140 Å². The molecular formula is C16H18N2O5S. The predicted octanol–water partition coefficient (Wildman–Crippen LogP) is 2.30. The molecule has 128 valence electrons. The number of aryl methyl sites for hydroxylation is 1. The molecule has 2 heterocycles. The zero-order valence-corrected chi connectivity index (χ0v) is 14.2. The molecule has 0 N–H and O–H groups in total. The van der Waals surface area contributed by atoms with Gasteiger partial charge >= 0.3 is 5.97 Å². The molecule has 1 atom stereocenters. The number of rotatable bonds is 4. The predicted molar refractivity (Wildman–Crippen MR) is 84.9 cm³/mol. The Morgan fingerprint density at radius 3 is 2.83 bits per heavy atom. The van der Waals surface area contributed by atoms with E-state index in [9.17, 15) is 13.2 Å². The number of sulfonamides is 1.